The van der Waals surface area contributed by atoms with E-state index < -0.39 is 38.7 Å². The lowest BCUT2D eigenvalue weighted by Gasteiger charge is -2.38. The van der Waals surface area contributed by atoms with Gasteiger partial charge in [-0.1, -0.05) is 24.3 Å². The number of rotatable bonds is 7. The zero-order valence-corrected chi connectivity index (χ0v) is 23.7. The molecule has 3 fully saturated rings. The SMILES string of the molecule is CCOc1cccc(-c2ccc(C3CCN(S(=O)(=O)[C@]4(C(=O)NO)C[C@@H]5OC(C)(C)O[C@@H]5C4)CC3)cc2C)n1. The molecule has 1 aliphatic carbocycles. The first-order valence-corrected chi connectivity index (χ1v) is 14.9. The van der Waals surface area contributed by atoms with Crippen LogP contribution in [-0.2, 0) is 24.3 Å². The van der Waals surface area contributed by atoms with Gasteiger partial charge in [0.05, 0.1) is 24.5 Å². The molecule has 3 heterocycles. The molecule has 5 rings (SSSR count). The Kier molecular flexibility index (Phi) is 7.49. The van der Waals surface area contributed by atoms with Gasteiger partial charge in [0.15, 0.2) is 10.5 Å². The second-order valence-electron chi connectivity index (χ2n) is 11.1. The van der Waals surface area contributed by atoms with Crippen LogP contribution in [0.5, 0.6) is 5.88 Å². The highest BCUT2D eigenvalue weighted by Crippen LogP contribution is 2.48. The predicted octanol–water partition coefficient (Wildman–Crippen LogP) is 3.52. The second kappa shape index (κ2) is 10.4. The minimum atomic E-state index is -4.10. The first-order chi connectivity index (χ1) is 18.5. The van der Waals surface area contributed by atoms with Crippen molar-refractivity contribution < 1.29 is 32.6 Å². The summed E-state index contributed by atoms with van der Waals surface area (Å²) in [4.78, 5) is 17.5. The number of hydrogen-bond donors (Lipinski definition) is 2. The molecular weight excluding hydrogens is 522 g/mol. The zero-order valence-electron chi connectivity index (χ0n) is 22.8. The summed E-state index contributed by atoms with van der Waals surface area (Å²) in [5, 5.41) is 9.48. The van der Waals surface area contributed by atoms with Gasteiger partial charge in [-0.25, -0.2) is 23.2 Å². The molecule has 0 spiro atoms. The lowest BCUT2D eigenvalue weighted by Crippen LogP contribution is -2.57. The molecule has 2 N–H and O–H groups in total. The standard InChI is InChI=1S/C28H37N3O7S/c1-5-36-25-8-6-7-22(29-25)21-10-9-20(15-18(21)2)19-11-13-31(14-12-19)39(34,35)28(26(32)30-33)16-23-24(17-28)38-27(3,4)37-23/h6-10,15,19,23-24,33H,5,11-14,16-17H2,1-4H3,(H,30,32)/t23-,24+,28+. The number of carbonyl (C=O) groups excluding carboxylic acids is 1. The van der Waals surface area contributed by atoms with Gasteiger partial charge in [-0.15, -0.1) is 0 Å². The first kappa shape index (κ1) is 28.0. The Morgan fingerprint density at radius 2 is 1.82 bits per heavy atom. The third-order valence-corrected chi connectivity index (χ3v) is 10.7. The lowest BCUT2D eigenvalue weighted by molar-refractivity contribution is -0.157. The van der Waals surface area contributed by atoms with Crippen LogP contribution in [-0.4, -0.2) is 71.3 Å². The number of ether oxygens (including phenoxy) is 3. The molecular formula is C28H37N3O7S. The summed E-state index contributed by atoms with van der Waals surface area (Å²) in [7, 11) is -4.10. The monoisotopic (exact) mass is 559 g/mol. The molecule has 212 valence electrons. The van der Waals surface area contributed by atoms with Crippen LogP contribution in [0.25, 0.3) is 11.3 Å². The van der Waals surface area contributed by atoms with Crippen molar-refractivity contribution in [3.63, 3.8) is 0 Å². The Morgan fingerprint density at radius 1 is 1.15 bits per heavy atom. The second-order valence-corrected chi connectivity index (χ2v) is 13.4. The number of carbonyl (C=O) groups is 1. The highest BCUT2D eigenvalue weighted by Gasteiger charge is 2.64. The van der Waals surface area contributed by atoms with Crippen molar-refractivity contribution >= 4 is 15.9 Å². The largest absolute Gasteiger partial charge is 0.478 e. The molecule has 1 aromatic carbocycles. The third kappa shape index (κ3) is 5.06. The van der Waals surface area contributed by atoms with E-state index in [0.717, 1.165) is 22.4 Å². The lowest BCUT2D eigenvalue weighted by atomic mass is 9.88. The average Bonchev–Trinajstić information content (AvgIpc) is 3.40. The smallest absolute Gasteiger partial charge is 0.266 e. The molecule has 10 nitrogen and oxygen atoms in total. The van der Waals surface area contributed by atoms with Gasteiger partial charge in [0.2, 0.25) is 15.9 Å². The summed E-state index contributed by atoms with van der Waals surface area (Å²) in [5.41, 5.74) is 5.71. The summed E-state index contributed by atoms with van der Waals surface area (Å²) >= 11 is 0. The first-order valence-electron chi connectivity index (χ1n) is 13.5. The number of fused-ring (bicyclic) bond motifs is 1. The Labute approximate surface area is 229 Å². The van der Waals surface area contributed by atoms with Crippen LogP contribution in [0.3, 0.4) is 0 Å². The van der Waals surface area contributed by atoms with Crippen molar-refractivity contribution in [2.45, 2.75) is 82.0 Å². The van der Waals surface area contributed by atoms with Crippen molar-refractivity contribution in [2.75, 3.05) is 19.7 Å². The van der Waals surface area contributed by atoms with Crippen LogP contribution < -0.4 is 10.2 Å². The number of aromatic nitrogens is 1. The summed E-state index contributed by atoms with van der Waals surface area (Å²) < 4.78 is 44.7. The molecule has 2 saturated heterocycles. The minimum absolute atomic E-state index is 0.0606. The fourth-order valence-corrected chi connectivity index (χ4v) is 8.52. The van der Waals surface area contributed by atoms with Gasteiger partial charge >= 0.3 is 0 Å². The summed E-state index contributed by atoms with van der Waals surface area (Å²) in [5.74, 6) is -0.996. The van der Waals surface area contributed by atoms with Crippen molar-refractivity contribution in [2.24, 2.45) is 0 Å². The number of aryl methyl sites for hydroxylation is 1. The van der Waals surface area contributed by atoms with Crippen molar-refractivity contribution in [1.29, 1.82) is 0 Å². The number of pyridine rings is 1. The van der Waals surface area contributed by atoms with Gasteiger partial charge in [-0.2, -0.15) is 0 Å². The number of sulfonamides is 1. The van der Waals surface area contributed by atoms with E-state index in [1.54, 1.807) is 19.3 Å². The molecule has 0 unspecified atom stereocenters. The van der Waals surface area contributed by atoms with E-state index in [-0.39, 0.29) is 31.8 Å². The quantitative estimate of drug-likeness (QED) is 0.390. The number of benzene rings is 1. The van der Waals surface area contributed by atoms with Gasteiger partial charge in [0.1, 0.15) is 0 Å². The number of amides is 1. The Balaban J connectivity index is 1.30. The Hall–Kier alpha value is -2.57. The fourth-order valence-electron chi connectivity index (χ4n) is 6.30. The molecule has 3 aliphatic rings. The van der Waals surface area contributed by atoms with Gasteiger partial charge in [0, 0.05) is 37.6 Å². The van der Waals surface area contributed by atoms with Crippen molar-refractivity contribution in [3.8, 4) is 17.1 Å². The van der Waals surface area contributed by atoms with E-state index >= 15 is 0 Å². The van der Waals surface area contributed by atoms with Crippen LogP contribution in [0.2, 0.25) is 0 Å². The van der Waals surface area contributed by atoms with Gasteiger partial charge in [-0.05, 0) is 63.6 Å². The third-order valence-electron chi connectivity index (χ3n) is 8.16. The fraction of sp³-hybridized carbons (Fsp3) is 0.571. The van der Waals surface area contributed by atoms with Crippen molar-refractivity contribution in [1.82, 2.24) is 14.8 Å². The number of piperidine rings is 1. The van der Waals surface area contributed by atoms with Gasteiger partial charge in [0.25, 0.3) is 5.91 Å². The highest BCUT2D eigenvalue weighted by atomic mass is 32.2. The average molecular weight is 560 g/mol. The van der Waals surface area contributed by atoms with E-state index in [2.05, 4.69) is 23.2 Å². The molecule has 2 aliphatic heterocycles. The maximum absolute atomic E-state index is 13.9. The molecule has 0 bridgehead atoms. The maximum Gasteiger partial charge on any atom is 0.266 e. The summed E-state index contributed by atoms with van der Waals surface area (Å²) in [6.45, 7) is 8.63. The van der Waals surface area contributed by atoms with Crippen LogP contribution in [0.15, 0.2) is 36.4 Å². The summed E-state index contributed by atoms with van der Waals surface area (Å²) in [6, 6.07) is 12.0. The van der Waals surface area contributed by atoms with E-state index in [9.17, 15) is 18.4 Å². The van der Waals surface area contributed by atoms with Crippen LogP contribution in [0.1, 0.15) is 63.5 Å². The van der Waals surface area contributed by atoms with E-state index in [4.69, 9.17) is 14.2 Å². The maximum atomic E-state index is 13.9. The number of hydrogen-bond acceptors (Lipinski definition) is 8. The van der Waals surface area contributed by atoms with Crippen LogP contribution in [0.4, 0.5) is 0 Å². The summed E-state index contributed by atoms with van der Waals surface area (Å²) in [6.07, 6.45) is 0.0633. The van der Waals surface area contributed by atoms with E-state index in [0.29, 0.717) is 25.3 Å². The number of nitrogens with one attached hydrogen (secondary N) is 1. The van der Waals surface area contributed by atoms with Crippen LogP contribution >= 0.6 is 0 Å². The van der Waals surface area contributed by atoms with Crippen molar-refractivity contribution in [3.05, 3.63) is 47.5 Å². The van der Waals surface area contributed by atoms with E-state index in [1.807, 2.05) is 32.0 Å². The normalized spacial score (nSPS) is 27.3. The number of nitrogens with zero attached hydrogens (tertiary/aromatic N) is 2. The molecule has 11 heteroatoms. The molecule has 39 heavy (non-hydrogen) atoms. The molecule has 1 aromatic heterocycles. The topological polar surface area (TPSA) is 127 Å². The molecule has 1 amide bonds. The van der Waals surface area contributed by atoms with Gasteiger partial charge in [-0.3, -0.25) is 10.0 Å². The molecule has 1 saturated carbocycles. The Bertz CT molecular complexity index is 1320. The molecule has 3 atom stereocenters. The van der Waals surface area contributed by atoms with E-state index in [1.165, 1.54) is 4.31 Å². The molecule has 2 aromatic rings. The molecule has 0 radical (unpaired) electrons. The predicted molar refractivity (Wildman–Crippen MR) is 144 cm³/mol. The van der Waals surface area contributed by atoms with Crippen LogP contribution in [0, 0.1) is 6.92 Å². The highest BCUT2D eigenvalue weighted by molar-refractivity contribution is 7.91. The minimum Gasteiger partial charge on any atom is -0.478 e. The zero-order chi connectivity index (χ0) is 28.0. The Morgan fingerprint density at radius 3 is 2.41 bits per heavy atom. The number of hydroxylamine groups is 1. The van der Waals surface area contributed by atoms with Gasteiger partial charge < -0.3 is 14.2 Å².